The Morgan fingerprint density at radius 3 is 3.00 bits per heavy atom. The van der Waals surface area contributed by atoms with Gasteiger partial charge in [0.15, 0.2) is 0 Å². The van der Waals surface area contributed by atoms with Crippen LogP contribution in [0.25, 0.3) is 0 Å². The Hall–Kier alpha value is -0.340. The fraction of sp³-hybridized carbons (Fsp3) is 0.833. The Labute approximate surface area is 88.4 Å². The first-order chi connectivity index (χ1) is 6.79. The van der Waals surface area contributed by atoms with Crippen LogP contribution in [0.15, 0.2) is 12.7 Å². The molecule has 1 heterocycles. The molecule has 0 aromatic carbocycles. The minimum absolute atomic E-state index is 0.527. The second kappa shape index (κ2) is 6.20. The fourth-order valence-electron chi connectivity index (χ4n) is 2.22. The molecule has 0 aromatic rings. The molecule has 0 bridgehead atoms. The number of nitrogens with one attached hydrogen (secondary N) is 1. The monoisotopic (exact) mass is 196 g/mol. The highest BCUT2D eigenvalue weighted by Gasteiger charge is 2.24. The van der Waals surface area contributed by atoms with Crippen molar-refractivity contribution >= 4 is 0 Å². The van der Waals surface area contributed by atoms with E-state index in [1.807, 2.05) is 0 Å². The van der Waals surface area contributed by atoms with Crippen molar-refractivity contribution in [2.45, 2.75) is 45.2 Å². The summed E-state index contributed by atoms with van der Waals surface area (Å²) in [6.45, 7) is 11.8. The van der Waals surface area contributed by atoms with Crippen LogP contribution in [-0.4, -0.2) is 36.6 Å². The summed E-state index contributed by atoms with van der Waals surface area (Å²) in [6, 6.07) is 1.25. The van der Waals surface area contributed by atoms with Gasteiger partial charge in [0.1, 0.15) is 0 Å². The Bertz CT molecular complexity index is 168. The maximum atomic E-state index is 3.89. The summed E-state index contributed by atoms with van der Waals surface area (Å²) in [5.74, 6) is 0. The highest BCUT2D eigenvalue weighted by Crippen LogP contribution is 2.19. The maximum absolute atomic E-state index is 3.89. The van der Waals surface area contributed by atoms with Gasteiger partial charge < -0.3 is 5.32 Å². The van der Waals surface area contributed by atoms with E-state index in [1.54, 1.807) is 0 Å². The molecule has 14 heavy (non-hydrogen) atoms. The van der Waals surface area contributed by atoms with Gasteiger partial charge in [-0.2, -0.15) is 0 Å². The van der Waals surface area contributed by atoms with Crippen molar-refractivity contribution in [2.75, 3.05) is 19.6 Å². The van der Waals surface area contributed by atoms with E-state index in [0.717, 1.165) is 19.1 Å². The first kappa shape index (κ1) is 11.7. The molecule has 0 aliphatic carbocycles. The zero-order valence-corrected chi connectivity index (χ0v) is 9.63. The van der Waals surface area contributed by atoms with Gasteiger partial charge in [-0.1, -0.05) is 19.4 Å². The molecular weight excluding hydrogens is 172 g/mol. The largest absolute Gasteiger partial charge is 0.315 e. The average Bonchev–Trinajstić information content (AvgIpc) is 2.25. The van der Waals surface area contributed by atoms with Crippen molar-refractivity contribution in [3.05, 3.63) is 12.7 Å². The van der Waals surface area contributed by atoms with E-state index in [-0.39, 0.29) is 0 Å². The topological polar surface area (TPSA) is 15.3 Å². The number of piperidine rings is 1. The standard InChI is InChI=1S/C12H24N2/c1-4-11(3)14-9-7-6-8-12(14)10-13-5-2/h4,11-13H,1,5-10H2,2-3H3. The van der Waals surface area contributed by atoms with Gasteiger partial charge in [-0.3, -0.25) is 4.90 Å². The van der Waals surface area contributed by atoms with Crippen LogP contribution in [0.1, 0.15) is 33.1 Å². The van der Waals surface area contributed by atoms with E-state index in [2.05, 4.69) is 36.7 Å². The lowest BCUT2D eigenvalue weighted by Gasteiger charge is -2.39. The van der Waals surface area contributed by atoms with Crippen LogP contribution in [0.4, 0.5) is 0 Å². The van der Waals surface area contributed by atoms with Crippen molar-refractivity contribution in [2.24, 2.45) is 0 Å². The van der Waals surface area contributed by atoms with E-state index in [4.69, 9.17) is 0 Å². The molecule has 1 fully saturated rings. The van der Waals surface area contributed by atoms with E-state index in [1.165, 1.54) is 25.8 Å². The predicted molar refractivity (Wildman–Crippen MR) is 62.5 cm³/mol. The van der Waals surface area contributed by atoms with E-state index in [0.29, 0.717) is 6.04 Å². The van der Waals surface area contributed by atoms with Crippen molar-refractivity contribution in [1.29, 1.82) is 0 Å². The highest BCUT2D eigenvalue weighted by molar-refractivity contribution is 4.90. The molecule has 0 amide bonds. The molecule has 0 spiro atoms. The van der Waals surface area contributed by atoms with Crippen molar-refractivity contribution < 1.29 is 0 Å². The lowest BCUT2D eigenvalue weighted by atomic mass is 10.00. The number of hydrogen-bond donors (Lipinski definition) is 1. The summed E-state index contributed by atoms with van der Waals surface area (Å²) in [7, 11) is 0. The van der Waals surface area contributed by atoms with Gasteiger partial charge in [0.2, 0.25) is 0 Å². The first-order valence-corrected chi connectivity index (χ1v) is 5.88. The van der Waals surface area contributed by atoms with E-state index < -0.39 is 0 Å². The van der Waals surface area contributed by atoms with Crippen LogP contribution in [0, 0.1) is 0 Å². The third-order valence-electron chi connectivity index (χ3n) is 3.17. The van der Waals surface area contributed by atoms with E-state index >= 15 is 0 Å². The van der Waals surface area contributed by atoms with Gasteiger partial charge in [-0.25, -0.2) is 0 Å². The van der Waals surface area contributed by atoms with Gasteiger partial charge in [-0.15, -0.1) is 6.58 Å². The molecule has 1 aliphatic rings. The molecule has 0 radical (unpaired) electrons. The van der Waals surface area contributed by atoms with Crippen LogP contribution in [-0.2, 0) is 0 Å². The third kappa shape index (κ3) is 3.10. The minimum atomic E-state index is 0.527. The number of rotatable bonds is 5. The lowest BCUT2D eigenvalue weighted by Crippen LogP contribution is -2.48. The summed E-state index contributed by atoms with van der Waals surface area (Å²) in [5.41, 5.74) is 0. The van der Waals surface area contributed by atoms with Gasteiger partial charge in [-0.05, 0) is 32.9 Å². The zero-order chi connectivity index (χ0) is 10.4. The summed E-state index contributed by atoms with van der Waals surface area (Å²) in [6.07, 6.45) is 6.13. The number of nitrogens with zero attached hydrogens (tertiary/aromatic N) is 1. The lowest BCUT2D eigenvalue weighted by molar-refractivity contribution is 0.123. The summed E-state index contributed by atoms with van der Waals surface area (Å²) in [5, 5.41) is 3.45. The number of likely N-dealkylation sites (tertiary alicyclic amines) is 1. The summed E-state index contributed by atoms with van der Waals surface area (Å²) >= 11 is 0. The zero-order valence-electron chi connectivity index (χ0n) is 9.63. The first-order valence-electron chi connectivity index (χ1n) is 5.88. The fourth-order valence-corrected chi connectivity index (χ4v) is 2.22. The molecule has 2 nitrogen and oxygen atoms in total. The Morgan fingerprint density at radius 1 is 1.57 bits per heavy atom. The molecule has 0 aromatic heterocycles. The summed E-state index contributed by atoms with van der Waals surface area (Å²) in [4.78, 5) is 2.58. The second-order valence-electron chi connectivity index (χ2n) is 4.17. The number of hydrogen-bond acceptors (Lipinski definition) is 2. The van der Waals surface area contributed by atoms with Crippen LogP contribution < -0.4 is 5.32 Å². The van der Waals surface area contributed by atoms with Crippen LogP contribution in [0.3, 0.4) is 0 Å². The normalized spacial score (nSPS) is 26.0. The molecule has 1 rings (SSSR count). The van der Waals surface area contributed by atoms with Crippen LogP contribution in [0.5, 0.6) is 0 Å². The molecule has 1 aliphatic heterocycles. The van der Waals surface area contributed by atoms with Crippen LogP contribution in [0.2, 0.25) is 0 Å². The van der Waals surface area contributed by atoms with Gasteiger partial charge in [0.25, 0.3) is 0 Å². The quantitative estimate of drug-likeness (QED) is 0.677. The van der Waals surface area contributed by atoms with Gasteiger partial charge in [0.05, 0.1) is 0 Å². The molecule has 82 valence electrons. The third-order valence-corrected chi connectivity index (χ3v) is 3.17. The minimum Gasteiger partial charge on any atom is -0.315 e. The Morgan fingerprint density at radius 2 is 2.36 bits per heavy atom. The molecule has 2 heteroatoms. The van der Waals surface area contributed by atoms with Crippen molar-refractivity contribution in [3.8, 4) is 0 Å². The smallest absolute Gasteiger partial charge is 0.0250 e. The summed E-state index contributed by atoms with van der Waals surface area (Å²) < 4.78 is 0. The van der Waals surface area contributed by atoms with Gasteiger partial charge in [0, 0.05) is 18.6 Å². The predicted octanol–water partition coefficient (Wildman–Crippen LogP) is 2.02. The van der Waals surface area contributed by atoms with E-state index in [9.17, 15) is 0 Å². The second-order valence-corrected chi connectivity index (χ2v) is 4.17. The average molecular weight is 196 g/mol. The Kier molecular flexibility index (Phi) is 5.20. The van der Waals surface area contributed by atoms with Crippen molar-refractivity contribution in [1.82, 2.24) is 10.2 Å². The SMILES string of the molecule is C=CC(C)N1CCCCC1CNCC. The Balaban J connectivity index is 2.45. The molecule has 1 N–H and O–H groups in total. The number of likely N-dealkylation sites (N-methyl/N-ethyl adjacent to an activating group) is 1. The molecule has 2 atom stereocenters. The van der Waals surface area contributed by atoms with Crippen LogP contribution >= 0.6 is 0 Å². The van der Waals surface area contributed by atoms with Gasteiger partial charge >= 0.3 is 0 Å². The highest BCUT2D eigenvalue weighted by atomic mass is 15.2. The maximum Gasteiger partial charge on any atom is 0.0250 e. The molecule has 2 unspecified atom stereocenters. The molecular formula is C12H24N2. The molecule has 1 saturated heterocycles. The molecule has 0 saturated carbocycles. The van der Waals surface area contributed by atoms with Crippen molar-refractivity contribution in [3.63, 3.8) is 0 Å².